The van der Waals surface area contributed by atoms with E-state index >= 15 is 0 Å². The molecule has 3 rings (SSSR count). The predicted molar refractivity (Wildman–Crippen MR) is 117 cm³/mol. The number of aliphatic hydroxyl groups is 1. The summed E-state index contributed by atoms with van der Waals surface area (Å²) in [6.07, 6.45) is 0.903. The number of rotatable bonds is 7. The average Bonchev–Trinajstić information content (AvgIpc) is 2.98. The summed E-state index contributed by atoms with van der Waals surface area (Å²) >= 11 is 0. The van der Waals surface area contributed by atoms with Crippen molar-refractivity contribution in [2.75, 3.05) is 13.2 Å². The summed E-state index contributed by atoms with van der Waals surface area (Å²) in [4.78, 5) is 27.4. The van der Waals surface area contributed by atoms with Gasteiger partial charge < -0.3 is 14.7 Å². The monoisotopic (exact) mass is 407 g/mol. The molecule has 30 heavy (non-hydrogen) atoms. The summed E-state index contributed by atoms with van der Waals surface area (Å²) in [6.45, 7) is 8.43. The van der Waals surface area contributed by atoms with Crippen LogP contribution in [0.1, 0.15) is 49.1 Å². The molecule has 1 aliphatic heterocycles. The Morgan fingerprint density at radius 1 is 1.10 bits per heavy atom. The first-order valence-corrected chi connectivity index (χ1v) is 10.4. The maximum Gasteiger partial charge on any atom is 0.295 e. The molecule has 1 fully saturated rings. The molecule has 0 saturated carbocycles. The van der Waals surface area contributed by atoms with E-state index in [1.165, 1.54) is 4.90 Å². The van der Waals surface area contributed by atoms with Crippen LogP contribution in [0.4, 0.5) is 0 Å². The Balaban J connectivity index is 2.09. The summed E-state index contributed by atoms with van der Waals surface area (Å²) in [5, 5.41) is 11.1. The van der Waals surface area contributed by atoms with Crippen LogP contribution in [-0.4, -0.2) is 41.0 Å². The topological polar surface area (TPSA) is 66.8 Å². The number of ketones is 1. The Kier molecular flexibility index (Phi) is 6.73. The number of nitrogens with zero attached hydrogens (tertiary/aromatic N) is 1. The van der Waals surface area contributed by atoms with Crippen LogP contribution in [0.25, 0.3) is 5.76 Å². The summed E-state index contributed by atoms with van der Waals surface area (Å²) in [7, 11) is 0. The van der Waals surface area contributed by atoms with Crippen LogP contribution in [0.2, 0.25) is 0 Å². The van der Waals surface area contributed by atoms with Crippen molar-refractivity contribution in [2.24, 2.45) is 0 Å². The van der Waals surface area contributed by atoms with E-state index in [4.69, 9.17) is 4.74 Å². The first-order chi connectivity index (χ1) is 14.3. The molecule has 0 spiro atoms. The van der Waals surface area contributed by atoms with E-state index in [0.29, 0.717) is 12.2 Å². The molecule has 1 heterocycles. The second-order valence-electron chi connectivity index (χ2n) is 7.82. The molecule has 2 aromatic carbocycles. The summed E-state index contributed by atoms with van der Waals surface area (Å²) < 4.78 is 5.62. The quantitative estimate of drug-likeness (QED) is 0.420. The van der Waals surface area contributed by atoms with Gasteiger partial charge in [0, 0.05) is 12.1 Å². The van der Waals surface area contributed by atoms with Crippen molar-refractivity contribution >= 4 is 17.4 Å². The number of amides is 1. The number of likely N-dealkylation sites (tertiary alicyclic amines) is 1. The van der Waals surface area contributed by atoms with Crippen LogP contribution < -0.4 is 0 Å². The van der Waals surface area contributed by atoms with Crippen LogP contribution in [0.15, 0.2) is 54.1 Å². The van der Waals surface area contributed by atoms with Crippen molar-refractivity contribution in [3.05, 3.63) is 76.4 Å². The largest absolute Gasteiger partial charge is 0.507 e. The molecule has 0 radical (unpaired) electrons. The Morgan fingerprint density at radius 3 is 2.37 bits per heavy atom. The summed E-state index contributed by atoms with van der Waals surface area (Å²) in [6, 6.07) is 14.4. The number of aryl methyl sites for hydroxylation is 2. The molecule has 158 valence electrons. The Morgan fingerprint density at radius 2 is 1.77 bits per heavy atom. The molecular formula is C25H29NO4. The molecule has 5 nitrogen and oxygen atoms in total. The smallest absolute Gasteiger partial charge is 0.295 e. The first kappa shape index (κ1) is 21.8. The second kappa shape index (κ2) is 9.26. The zero-order valence-electron chi connectivity index (χ0n) is 18.0. The van der Waals surface area contributed by atoms with E-state index in [2.05, 4.69) is 6.92 Å². The minimum absolute atomic E-state index is 0.0239. The Labute approximate surface area is 178 Å². The zero-order chi connectivity index (χ0) is 21.8. The van der Waals surface area contributed by atoms with Crippen LogP contribution in [0.5, 0.6) is 0 Å². The average molecular weight is 408 g/mol. The molecular weight excluding hydrogens is 378 g/mol. The summed E-state index contributed by atoms with van der Waals surface area (Å²) in [5.41, 5.74) is 3.57. The highest BCUT2D eigenvalue weighted by molar-refractivity contribution is 6.46. The summed E-state index contributed by atoms with van der Waals surface area (Å²) in [5.74, 6) is -1.41. The Hall–Kier alpha value is -2.92. The third-order valence-corrected chi connectivity index (χ3v) is 5.44. The molecule has 0 aliphatic carbocycles. The van der Waals surface area contributed by atoms with Gasteiger partial charge in [-0.3, -0.25) is 9.59 Å². The van der Waals surface area contributed by atoms with E-state index in [9.17, 15) is 14.7 Å². The molecule has 1 N–H and O–H groups in total. The number of hydrogen-bond acceptors (Lipinski definition) is 4. The maximum absolute atomic E-state index is 13.0. The van der Waals surface area contributed by atoms with Crippen LogP contribution in [0.3, 0.4) is 0 Å². The SMILES string of the molecule is CCc1ccc(/C(O)=C2/C(=O)C(=O)N(CCOC(C)C)C2c2ccccc2C)cc1. The van der Waals surface area contributed by atoms with Gasteiger partial charge in [-0.1, -0.05) is 55.5 Å². The fourth-order valence-corrected chi connectivity index (χ4v) is 3.77. The fourth-order valence-electron chi connectivity index (χ4n) is 3.77. The van der Waals surface area contributed by atoms with Crippen molar-refractivity contribution in [1.29, 1.82) is 0 Å². The highest BCUT2D eigenvalue weighted by Gasteiger charge is 2.46. The van der Waals surface area contributed by atoms with Crippen LogP contribution in [-0.2, 0) is 20.7 Å². The highest BCUT2D eigenvalue weighted by atomic mass is 16.5. The van der Waals surface area contributed by atoms with Gasteiger partial charge in [-0.25, -0.2) is 0 Å². The molecule has 1 amide bonds. The number of ether oxygens (including phenoxy) is 1. The number of benzene rings is 2. The van der Waals surface area contributed by atoms with Crippen molar-refractivity contribution in [3.8, 4) is 0 Å². The molecule has 0 bridgehead atoms. The van der Waals surface area contributed by atoms with Crippen molar-refractivity contribution in [1.82, 2.24) is 4.90 Å². The van der Waals surface area contributed by atoms with Gasteiger partial charge in [-0.2, -0.15) is 0 Å². The molecule has 1 atom stereocenters. The van der Waals surface area contributed by atoms with Crippen molar-refractivity contribution < 1.29 is 19.4 Å². The lowest BCUT2D eigenvalue weighted by atomic mass is 9.92. The van der Waals surface area contributed by atoms with E-state index in [1.807, 2.05) is 57.2 Å². The predicted octanol–water partition coefficient (Wildman–Crippen LogP) is 4.40. The zero-order valence-corrected chi connectivity index (χ0v) is 18.0. The van der Waals surface area contributed by atoms with Crippen molar-refractivity contribution in [2.45, 2.75) is 46.3 Å². The highest BCUT2D eigenvalue weighted by Crippen LogP contribution is 2.40. The van der Waals surface area contributed by atoms with Crippen LogP contribution >= 0.6 is 0 Å². The number of aliphatic hydroxyl groups excluding tert-OH is 1. The van der Waals surface area contributed by atoms with Crippen molar-refractivity contribution in [3.63, 3.8) is 0 Å². The van der Waals surface area contributed by atoms with Gasteiger partial charge in [-0.15, -0.1) is 0 Å². The lowest BCUT2D eigenvalue weighted by Gasteiger charge is -2.26. The molecule has 1 unspecified atom stereocenters. The Bertz CT molecular complexity index is 959. The number of carbonyl (C=O) groups excluding carboxylic acids is 2. The first-order valence-electron chi connectivity index (χ1n) is 10.4. The molecule has 5 heteroatoms. The van der Waals surface area contributed by atoms with E-state index in [1.54, 1.807) is 12.1 Å². The fraction of sp³-hybridized carbons (Fsp3) is 0.360. The molecule has 2 aromatic rings. The standard InChI is InChI=1S/C25H29NO4/c1-5-18-10-12-19(13-11-18)23(27)21-22(20-9-7-6-8-17(20)4)26(25(29)24(21)28)14-15-30-16(2)3/h6-13,16,22,27H,5,14-15H2,1-4H3/b23-21-. The van der Waals surface area contributed by atoms with Gasteiger partial charge in [0.2, 0.25) is 0 Å². The van der Waals surface area contributed by atoms with Gasteiger partial charge in [0.15, 0.2) is 0 Å². The third-order valence-electron chi connectivity index (χ3n) is 5.44. The normalized spacial score (nSPS) is 18.4. The third kappa shape index (κ3) is 4.31. The van der Waals surface area contributed by atoms with Gasteiger partial charge in [-0.05, 0) is 43.9 Å². The number of carbonyl (C=O) groups is 2. The van der Waals surface area contributed by atoms with Gasteiger partial charge in [0.1, 0.15) is 5.76 Å². The van der Waals surface area contributed by atoms with Gasteiger partial charge in [0.05, 0.1) is 24.3 Å². The molecule has 1 saturated heterocycles. The minimum atomic E-state index is -0.662. The van der Waals surface area contributed by atoms with Crippen LogP contribution in [0, 0.1) is 6.92 Å². The van der Waals surface area contributed by atoms with Gasteiger partial charge >= 0.3 is 0 Å². The van der Waals surface area contributed by atoms with Gasteiger partial charge in [0.25, 0.3) is 11.7 Å². The van der Waals surface area contributed by atoms with E-state index in [0.717, 1.165) is 23.1 Å². The number of Topliss-reactive ketones (excluding diaryl/α,β-unsaturated/α-hetero) is 1. The number of hydrogen-bond donors (Lipinski definition) is 1. The molecule has 1 aliphatic rings. The van der Waals surface area contributed by atoms with E-state index in [-0.39, 0.29) is 24.0 Å². The molecule has 0 aromatic heterocycles. The van der Waals surface area contributed by atoms with E-state index < -0.39 is 17.7 Å². The minimum Gasteiger partial charge on any atom is -0.507 e. The second-order valence-corrected chi connectivity index (χ2v) is 7.82. The lowest BCUT2D eigenvalue weighted by molar-refractivity contribution is -0.140. The lowest BCUT2D eigenvalue weighted by Crippen LogP contribution is -2.33. The maximum atomic E-state index is 13.0.